The van der Waals surface area contributed by atoms with Crippen LogP contribution in [0.4, 0.5) is 13.2 Å². The number of nitrogens with zero attached hydrogens (tertiary/aromatic N) is 1. The van der Waals surface area contributed by atoms with Crippen LogP contribution in [0.5, 0.6) is 0 Å². The molecule has 0 bridgehead atoms. The third-order valence-electron chi connectivity index (χ3n) is 4.37. The Morgan fingerprint density at radius 1 is 1.29 bits per heavy atom. The molecule has 31 heavy (non-hydrogen) atoms. The van der Waals surface area contributed by atoms with Crippen molar-refractivity contribution in [3.63, 3.8) is 0 Å². The number of rotatable bonds is 9. The van der Waals surface area contributed by atoms with Gasteiger partial charge in [0.05, 0.1) is 17.7 Å². The van der Waals surface area contributed by atoms with Crippen molar-refractivity contribution in [2.45, 2.75) is 43.1 Å². The summed E-state index contributed by atoms with van der Waals surface area (Å²) in [6.45, 7) is 4.37. The molecule has 1 aromatic carbocycles. The lowest BCUT2D eigenvalue weighted by molar-refractivity contribution is -0.138. The van der Waals surface area contributed by atoms with Gasteiger partial charge in [0.15, 0.2) is 4.34 Å². The van der Waals surface area contributed by atoms with E-state index in [2.05, 4.69) is 4.98 Å². The van der Waals surface area contributed by atoms with Gasteiger partial charge in [-0.25, -0.2) is 4.98 Å². The van der Waals surface area contributed by atoms with E-state index in [1.165, 1.54) is 35.2 Å². The van der Waals surface area contributed by atoms with E-state index in [4.69, 9.17) is 14.3 Å². The zero-order valence-corrected chi connectivity index (χ0v) is 18.4. The van der Waals surface area contributed by atoms with E-state index in [1.807, 2.05) is 6.92 Å². The van der Waals surface area contributed by atoms with Crippen LogP contribution in [0.25, 0.3) is 11.3 Å². The summed E-state index contributed by atoms with van der Waals surface area (Å²) < 4.78 is 50.5. The van der Waals surface area contributed by atoms with E-state index in [9.17, 15) is 18.0 Å². The first kappa shape index (κ1) is 23.4. The number of thioether (sulfide) groups is 1. The van der Waals surface area contributed by atoms with Gasteiger partial charge in [-0.15, -0.1) is 11.3 Å². The van der Waals surface area contributed by atoms with Gasteiger partial charge in [0.25, 0.3) is 0 Å². The van der Waals surface area contributed by atoms with Crippen LogP contribution >= 0.6 is 23.1 Å². The fourth-order valence-electron chi connectivity index (χ4n) is 2.78. The van der Waals surface area contributed by atoms with Crippen molar-refractivity contribution in [1.82, 2.24) is 4.98 Å². The van der Waals surface area contributed by atoms with Gasteiger partial charge < -0.3 is 14.3 Å². The number of aryl methyl sites for hydroxylation is 1. The molecule has 0 saturated heterocycles. The quantitative estimate of drug-likeness (QED) is 0.376. The first-order valence-electron chi connectivity index (χ1n) is 9.35. The third-order valence-corrected chi connectivity index (χ3v) is 6.72. The SMILES string of the molecule is CCOCc1oc(-c2ccc(C(F)(F)F)cc2)cc1CSc1nc(C)c(CC(=O)O)s1. The molecule has 0 atom stereocenters. The van der Waals surface area contributed by atoms with Crippen molar-refractivity contribution in [3.05, 3.63) is 57.8 Å². The molecule has 0 aliphatic rings. The molecule has 0 unspecified atom stereocenters. The number of ether oxygens (including phenoxy) is 1. The zero-order valence-electron chi connectivity index (χ0n) is 16.8. The molecule has 2 heterocycles. The van der Waals surface area contributed by atoms with Crippen LogP contribution in [0.2, 0.25) is 0 Å². The minimum atomic E-state index is -4.39. The smallest absolute Gasteiger partial charge is 0.416 e. The van der Waals surface area contributed by atoms with Crippen molar-refractivity contribution < 1.29 is 32.2 Å². The number of aliphatic carboxylic acids is 1. The van der Waals surface area contributed by atoms with E-state index in [0.29, 0.717) is 40.0 Å². The van der Waals surface area contributed by atoms with E-state index in [1.54, 1.807) is 13.0 Å². The van der Waals surface area contributed by atoms with Crippen LogP contribution in [0.15, 0.2) is 39.1 Å². The lowest BCUT2D eigenvalue weighted by Crippen LogP contribution is -2.03. The Bertz CT molecular complexity index is 1040. The molecule has 2 aromatic heterocycles. The highest BCUT2D eigenvalue weighted by Crippen LogP contribution is 2.35. The molecular weight excluding hydrogens is 451 g/mol. The minimum Gasteiger partial charge on any atom is -0.481 e. The highest BCUT2D eigenvalue weighted by molar-refractivity contribution is 8.00. The fourth-order valence-corrected chi connectivity index (χ4v) is 5.00. The van der Waals surface area contributed by atoms with Crippen LogP contribution in [-0.4, -0.2) is 22.7 Å². The normalized spacial score (nSPS) is 11.8. The highest BCUT2D eigenvalue weighted by Gasteiger charge is 2.30. The summed E-state index contributed by atoms with van der Waals surface area (Å²) in [5.41, 5.74) is 1.36. The summed E-state index contributed by atoms with van der Waals surface area (Å²) in [4.78, 5) is 16.1. The molecule has 0 radical (unpaired) electrons. The van der Waals surface area contributed by atoms with Crippen molar-refractivity contribution >= 4 is 29.1 Å². The number of thiazole rings is 1. The van der Waals surface area contributed by atoms with E-state index < -0.39 is 17.7 Å². The lowest BCUT2D eigenvalue weighted by Gasteiger charge is -2.06. The first-order valence-corrected chi connectivity index (χ1v) is 11.2. The largest absolute Gasteiger partial charge is 0.481 e. The van der Waals surface area contributed by atoms with Crippen molar-refractivity contribution in [3.8, 4) is 11.3 Å². The predicted octanol–water partition coefficient (Wildman–Crippen LogP) is 6.19. The van der Waals surface area contributed by atoms with E-state index in [0.717, 1.165) is 22.0 Å². The number of hydrogen-bond donors (Lipinski definition) is 1. The maximum absolute atomic E-state index is 12.8. The Kier molecular flexibility index (Phi) is 7.45. The summed E-state index contributed by atoms with van der Waals surface area (Å²) in [5, 5.41) is 8.98. The molecule has 0 amide bonds. The highest BCUT2D eigenvalue weighted by atomic mass is 32.2. The van der Waals surface area contributed by atoms with E-state index in [-0.39, 0.29) is 13.0 Å². The summed E-state index contributed by atoms with van der Waals surface area (Å²) in [5.74, 6) is 0.661. The van der Waals surface area contributed by atoms with Crippen LogP contribution in [0.1, 0.15) is 34.4 Å². The summed E-state index contributed by atoms with van der Waals surface area (Å²) in [7, 11) is 0. The molecule has 0 spiro atoms. The lowest BCUT2D eigenvalue weighted by atomic mass is 10.1. The second-order valence-corrected chi connectivity index (χ2v) is 8.92. The Balaban J connectivity index is 1.79. The monoisotopic (exact) mass is 471 g/mol. The molecule has 0 fully saturated rings. The number of alkyl halides is 3. The molecule has 3 aromatic rings. The Labute approximate surface area is 185 Å². The number of carbonyl (C=O) groups is 1. The summed E-state index contributed by atoms with van der Waals surface area (Å²) in [6.07, 6.45) is -4.46. The third kappa shape index (κ3) is 6.11. The van der Waals surface area contributed by atoms with Gasteiger partial charge >= 0.3 is 12.1 Å². The number of benzene rings is 1. The molecule has 0 saturated carbocycles. The van der Waals surface area contributed by atoms with Gasteiger partial charge in [-0.1, -0.05) is 23.9 Å². The topological polar surface area (TPSA) is 72.6 Å². The second kappa shape index (κ2) is 9.88. The van der Waals surface area contributed by atoms with Crippen LogP contribution in [0.3, 0.4) is 0 Å². The molecule has 0 aliphatic heterocycles. The molecule has 1 N–H and O–H groups in total. The second-order valence-electron chi connectivity index (χ2n) is 6.62. The van der Waals surface area contributed by atoms with Crippen LogP contribution in [0, 0.1) is 6.92 Å². The molecule has 3 rings (SSSR count). The number of aromatic nitrogens is 1. The molecule has 5 nitrogen and oxygen atoms in total. The van der Waals surface area contributed by atoms with Gasteiger partial charge in [0, 0.05) is 28.4 Å². The first-order chi connectivity index (χ1) is 14.7. The molecular formula is C21H20F3NO4S2. The van der Waals surface area contributed by atoms with Crippen LogP contribution < -0.4 is 0 Å². The van der Waals surface area contributed by atoms with Gasteiger partial charge in [0.2, 0.25) is 0 Å². The number of carboxylic acid groups (broad SMARTS) is 1. The molecule has 0 aliphatic carbocycles. The standard InChI is InChI=1S/C21H20F3NO4S2/c1-3-28-10-17-14(11-30-20-25-12(2)18(31-20)9-19(26)27)8-16(29-17)13-4-6-15(7-5-13)21(22,23)24/h4-8H,3,9-11H2,1-2H3,(H,26,27). The Morgan fingerprint density at radius 2 is 2.00 bits per heavy atom. The van der Waals surface area contributed by atoms with Crippen molar-refractivity contribution in [1.29, 1.82) is 0 Å². The average Bonchev–Trinajstić information content (AvgIpc) is 3.27. The summed E-state index contributed by atoms with van der Waals surface area (Å²) >= 11 is 2.79. The van der Waals surface area contributed by atoms with Gasteiger partial charge in [-0.05, 0) is 32.0 Å². The van der Waals surface area contributed by atoms with Gasteiger partial charge in [-0.3, -0.25) is 4.79 Å². The minimum absolute atomic E-state index is 0.0660. The summed E-state index contributed by atoms with van der Waals surface area (Å²) in [6, 6.07) is 6.60. The molecule has 166 valence electrons. The maximum atomic E-state index is 12.8. The fraction of sp³-hybridized carbons (Fsp3) is 0.333. The predicted molar refractivity (Wildman–Crippen MR) is 112 cm³/mol. The maximum Gasteiger partial charge on any atom is 0.416 e. The van der Waals surface area contributed by atoms with Crippen molar-refractivity contribution in [2.24, 2.45) is 0 Å². The zero-order chi connectivity index (χ0) is 22.6. The number of furan rings is 1. The molecule has 10 heteroatoms. The van der Waals surface area contributed by atoms with E-state index >= 15 is 0 Å². The number of carboxylic acids is 1. The van der Waals surface area contributed by atoms with Crippen molar-refractivity contribution in [2.75, 3.05) is 6.61 Å². The van der Waals surface area contributed by atoms with Gasteiger partial charge in [-0.2, -0.15) is 13.2 Å². The number of halogens is 3. The average molecular weight is 472 g/mol. The Morgan fingerprint density at radius 3 is 2.61 bits per heavy atom. The van der Waals surface area contributed by atoms with Gasteiger partial charge in [0.1, 0.15) is 18.1 Å². The van der Waals surface area contributed by atoms with Crippen LogP contribution in [-0.2, 0) is 34.5 Å². The number of hydrogen-bond acceptors (Lipinski definition) is 6. The Hall–Kier alpha value is -2.30.